The van der Waals surface area contributed by atoms with Gasteiger partial charge in [-0.15, -0.1) is 0 Å². The third-order valence-electron chi connectivity index (χ3n) is 14.5. The number of hydrogen-bond acceptors (Lipinski definition) is 2. The van der Waals surface area contributed by atoms with E-state index in [0.29, 0.717) is 29.2 Å². The van der Waals surface area contributed by atoms with Crippen molar-refractivity contribution in [2.45, 2.75) is 99.3 Å². The molecule has 0 aromatic heterocycles. The first-order valence-electron chi connectivity index (χ1n) is 16.0. The van der Waals surface area contributed by atoms with Gasteiger partial charge in [0.05, 0.1) is 5.41 Å². The minimum Gasteiger partial charge on any atom is -0.481 e. The molecule has 0 amide bonds. The van der Waals surface area contributed by atoms with Crippen molar-refractivity contribution < 1.29 is 14.7 Å². The van der Waals surface area contributed by atoms with Gasteiger partial charge in [0.25, 0.3) is 5.24 Å². The van der Waals surface area contributed by atoms with Gasteiger partial charge in [-0.2, -0.15) is 0 Å². The van der Waals surface area contributed by atoms with Crippen LogP contribution in [0.5, 0.6) is 0 Å². The van der Waals surface area contributed by atoms with E-state index < -0.39 is 16.6 Å². The molecule has 4 fully saturated rings. The molecule has 3 nitrogen and oxygen atoms in total. The van der Waals surface area contributed by atoms with Crippen LogP contribution < -0.4 is 0 Å². The van der Waals surface area contributed by atoms with Crippen LogP contribution in [0.15, 0.2) is 42.5 Å². The minimum absolute atomic E-state index is 0.0140. The Hall–Kier alpha value is -1.87. The van der Waals surface area contributed by atoms with Gasteiger partial charge >= 0.3 is 5.97 Å². The van der Waals surface area contributed by atoms with E-state index in [0.717, 1.165) is 38.5 Å². The Morgan fingerprint density at radius 2 is 1.56 bits per heavy atom. The van der Waals surface area contributed by atoms with Gasteiger partial charge < -0.3 is 5.11 Å². The minimum atomic E-state index is -0.563. The van der Waals surface area contributed by atoms with Crippen molar-refractivity contribution in [3.05, 3.63) is 53.6 Å². The molecule has 1 N–H and O–H groups in total. The van der Waals surface area contributed by atoms with Gasteiger partial charge in [0, 0.05) is 5.56 Å². The van der Waals surface area contributed by atoms with Crippen molar-refractivity contribution in [2.24, 2.45) is 56.7 Å². The number of aliphatic carboxylic acids is 1. The Balaban J connectivity index is 1.37. The predicted molar refractivity (Wildman–Crippen MR) is 167 cm³/mol. The number of hydrogen-bond donors (Lipinski definition) is 1. The summed E-state index contributed by atoms with van der Waals surface area (Å²) < 4.78 is 0. The van der Waals surface area contributed by atoms with Crippen LogP contribution in [0.3, 0.4) is 0 Å². The molecule has 5 aliphatic rings. The van der Waals surface area contributed by atoms with E-state index in [1.807, 2.05) is 12.1 Å². The van der Waals surface area contributed by atoms with Gasteiger partial charge in [0.15, 0.2) is 0 Å². The van der Waals surface area contributed by atoms with Gasteiger partial charge in [-0.25, -0.2) is 0 Å². The highest BCUT2D eigenvalue weighted by molar-refractivity contribution is 6.67. The predicted octanol–water partition coefficient (Wildman–Crippen LogP) is 9.80. The van der Waals surface area contributed by atoms with E-state index in [-0.39, 0.29) is 27.6 Å². The normalized spacial score (nSPS) is 44.5. The maximum Gasteiger partial charge on any atom is 0.309 e. The molecule has 0 bridgehead atoms. The maximum atomic E-state index is 12.9. The van der Waals surface area contributed by atoms with Crippen molar-refractivity contribution in [2.75, 3.05) is 0 Å². The van der Waals surface area contributed by atoms with E-state index in [1.165, 1.54) is 36.0 Å². The summed E-state index contributed by atoms with van der Waals surface area (Å²) in [7, 11) is 0. The number of allylic oxidation sites excluding steroid dienone is 3. The molecule has 0 heterocycles. The van der Waals surface area contributed by atoms with Crippen LogP contribution in [-0.2, 0) is 4.79 Å². The number of carboxylic acid groups (broad SMARTS) is 1. The average Bonchev–Trinajstić information content (AvgIpc) is 3.30. The van der Waals surface area contributed by atoms with Crippen molar-refractivity contribution in [1.82, 2.24) is 0 Å². The van der Waals surface area contributed by atoms with Gasteiger partial charge in [-0.1, -0.05) is 65.0 Å². The topological polar surface area (TPSA) is 54.4 Å². The lowest BCUT2D eigenvalue weighted by Gasteiger charge is -2.72. The Morgan fingerprint density at radius 1 is 0.878 bits per heavy atom. The van der Waals surface area contributed by atoms with E-state index in [1.54, 1.807) is 0 Å². The Kier molecular flexibility index (Phi) is 6.64. The molecule has 0 spiro atoms. The van der Waals surface area contributed by atoms with E-state index in [9.17, 15) is 14.7 Å². The van der Waals surface area contributed by atoms with Crippen LogP contribution in [-0.4, -0.2) is 16.3 Å². The third-order valence-corrected chi connectivity index (χ3v) is 14.7. The molecule has 0 radical (unpaired) electrons. The fourth-order valence-corrected chi connectivity index (χ4v) is 12.5. The Labute approximate surface area is 252 Å². The fraction of sp³-hybridized carbons (Fsp3) is 0.676. The maximum absolute atomic E-state index is 12.9. The molecule has 1 aromatic rings. The lowest BCUT2D eigenvalue weighted by molar-refractivity contribution is -0.227. The molecule has 222 valence electrons. The first kappa shape index (κ1) is 29.2. The van der Waals surface area contributed by atoms with E-state index in [2.05, 4.69) is 66.3 Å². The first-order chi connectivity index (χ1) is 19.1. The highest BCUT2D eigenvalue weighted by atomic mass is 35.5. The summed E-state index contributed by atoms with van der Waals surface area (Å²) >= 11 is 5.73. The standard InChI is InChI=1S/C37H49ClO3/c1-22(2)25-14-19-37(32(40)41)21-20-35(6)27(30(25)37)12-13-29-34(5)17-15-26(23-8-10-24(11-9-23)31(38)39)33(3,4)28(34)16-18-36(29,35)7/h8-11,15,25,27-30H,1,12-14,16-21H2,2-7H3,(H,40,41). The van der Waals surface area contributed by atoms with Gasteiger partial charge in [0.1, 0.15) is 0 Å². The number of rotatable bonds is 4. The second-order valence-corrected chi connectivity index (χ2v) is 16.4. The molecule has 4 heteroatoms. The molecular formula is C37H49ClO3. The Bertz CT molecular complexity index is 1320. The molecule has 0 aliphatic heterocycles. The molecule has 41 heavy (non-hydrogen) atoms. The van der Waals surface area contributed by atoms with Crippen molar-refractivity contribution in [3.8, 4) is 0 Å². The quantitative estimate of drug-likeness (QED) is 0.286. The molecule has 6 rings (SSSR count). The number of fused-ring (bicyclic) bond motifs is 7. The zero-order valence-electron chi connectivity index (χ0n) is 26.0. The Morgan fingerprint density at radius 3 is 2.17 bits per heavy atom. The molecule has 5 aliphatic carbocycles. The summed E-state index contributed by atoms with van der Waals surface area (Å²) in [6.45, 7) is 19.2. The van der Waals surface area contributed by atoms with E-state index >= 15 is 0 Å². The molecule has 9 atom stereocenters. The summed E-state index contributed by atoms with van der Waals surface area (Å²) in [5.41, 5.74) is 4.32. The summed E-state index contributed by atoms with van der Waals surface area (Å²) in [5.74, 6) is 1.64. The zero-order valence-corrected chi connectivity index (χ0v) is 26.7. The monoisotopic (exact) mass is 576 g/mol. The molecule has 9 unspecified atom stereocenters. The van der Waals surface area contributed by atoms with Crippen LogP contribution in [0, 0.1) is 56.7 Å². The molecular weight excluding hydrogens is 528 g/mol. The third kappa shape index (κ3) is 3.76. The SMILES string of the molecule is C=C(C)C1CCC2(C(=O)O)CCC3(C)C(CCC4C5(C)CC=C(c6ccc(C(=O)Cl)cc6)C(C)(C)C5CCC43C)C12. The van der Waals surface area contributed by atoms with Crippen LogP contribution in [0.4, 0.5) is 0 Å². The second kappa shape index (κ2) is 9.31. The van der Waals surface area contributed by atoms with Crippen LogP contribution >= 0.6 is 11.6 Å². The van der Waals surface area contributed by atoms with Crippen molar-refractivity contribution >= 4 is 28.4 Å². The lowest BCUT2D eigenvalue weighted by atomic mass is 9.32. The van der Waals surface area contributed by atoms with E-state index in [4.69, 9.17) is 11.6 Å². The fourth-order valence-electron chi connectivity index (χ4n) is 12.4. The second-order valence-electron chi connectivity index (χ2n) is 16.0. The summed E-state index contributed by atoms with van der Waals surface area (Å²) in [5, 5.41) is 10.2. The first-order valence-corrected chi connectivity index (χ1v) is 16.4. The van der Waals surface area contributed by atoms with Crippen molar-refractivity contribution in [1.29, 1.82) is 0 Å². The van der Waals surface area contributed by atoms with Crippen LogP contribution in [0.25, 0.3) is 5.57 Å². The number of halogens is 1. The van der Waals surface area contributed by atoms with Gasteiger partial charge in [-0.3, -0.25) is 9.59 Å². The number of carbonyl (C=O) groups is 2. The summed E-state index contributed by atoms with van der Waals surface area (Å²) in [6, 6.07) is 7.86. The highest BCUT2D eigenvalue weighted by Gasteiger charge is 2.71. The number of carboxylic acids is 1. The highest BCUT2D eigenvalue weighted by Crippen LogP contribution is 2.77. The summed E-state index contributed by atoms with van der Waals surface area (Å²) in [6.07, 6.45) is 12.0. The van der Waals surface area contributed by atoms with Crippen LogP contribution in [0.2, 0.25) is 0 Å². The lowest BCUT2D eigenvalue weighted by Crippen LogP contribution is -2.65. The number of benzene rings is 1. The van der Waals surface area contributed by atoms with Gasteiger partial charge in [-0.05, 0) is 151 Å². The average molecular weight is 577 g/mol. The number of carbonyl (C=O) groups excluding carboxylic acids is 1. The molecule has 1 aromatic carbocycles. The largest absolute Gasteiger partial charge is 0.481 e. The summed E-state index contributed by atoms with van der Waals surface area (Å²) in [4.78, 5) is 24.6. The zero-order chi connectivity index (χ0) is 29.8. The smallest absolute Gasteiger partial charge is 0.309 e. The molecule has 0 saturated heterocycles. The van der Waals surface area contributed by atoms with Gasteiger partial charge in [0.2, 0.25) is 0 Å². The van der Waals surface area contributed by atoms with Crippen LogP contribution in [0.1, 0.15) is 115 Å². The molecule has 4 saturated carbocycles. The van der Waals surface area contributed by atoms with Crippen molar-refractivity contribution in [3.63, 3.8) is 0 Å².